The summed E-state index contributed by atoms with van der Waals surface area (Å²) < 4.78 is 11.1. The van der Waals surface area contributed by atoms with Gasteiger partial charge in [-0.05, 0) is 19.3 Å². The van der Waals surface area contributed by atoms with Gasteiger partial charge in [0, 0.05) is 6.42 Å². The van der Waals surface area contributed by atoms with Crippen molar-refractivity contribution in [1.29, 1.82) is 0 Å². The van der Waals surface area contributed by atoms with E-state index in [1.165, 1.54) is 116 Å². The molecule has 0 radical (unpaired) electrons. The largest absolute Gasteiger partial charge is 0.394 e. The van der Waals surface area contributed by atoms with E-state index in [2.05, 4.69) is 19.2 Å². The van der Waals surface area contributed by atoms with Gasteiger partial charge in [-0.1, -0.05) is 161 Å². The minimum Gasteiger partial charge on any atom is -0.394 e. The monoisotopic (exact) mass is 686 g/mol. The van der Waals surface area contributed by atoms with Gasteiger partial charge in [-0.2, -0.15) is 0 Å². The summed E-state index contributed by atoms with van der Waals surface area (Å²) >= 11 is 0. The number of unbranched alkanes of at least 4 members (excludes halogenated alkanes) is 22. The number of aliphatic hydroxyl groups is 5. The van der Waals surface area contributed by atoms with Gasteiger partial charge in [0.2, 0.25) is 5.91 Å². The van der Waals surface area contributed by atoms with Gasteiger partial charge in [0.05, 0.1) is 25.4 Å². The molecule has 1 aliphatic rings. The first kappa shape index (κ1) is 45.0. The minimum absolute atomic E-state index is 0.178. The van der Waals surface area contributed by atoms with Crippen LogP contribution in [-0.4, -0.2) is 87.5 Å². The van der Waals surface area contributed by atoms with Crippen molar-refractivity contribution in [3.05, 3.63) is 12.2 Å². The average molecular weight is 686 g/mol. The molecule has 0 aromatic rings. The second-order valence-electron chi connectivity index (χ2n) is 14.1. The highest BCUT2D eigenvalue weighted by molar-refractivity contribution is 5.76. The summed E-state index contributed by atoms with van der Waals surface area (Å²) in [5.41, 5.74) is 0. The molecule has 7 atom stereocenters. The summed E-state index contributed by atoms with van der Waals surface area (Å²) in [6.07, 6.45) is 25.4. The molecule has 0 aliphatic carbocycles. The van der Waals surface area contributed by atoms with E-state index in [-0.39, 0.29) is 12.5 Å². The van der Waals surface area contributed by atoms with Gasteiger partial charge in [-0.25, -0.2) is 0 Å². The van der Waals surface area contributed by atoms with E-state index in [0.29, 0.717) is 6.42 Å². The lowest BCUT2D eigenvalue weighted by Crippen LogP contribution is -2.60. The fourth-order valence-corrected chi connectivity index (χ4v) is 6.33. The lowest BCUT2D eigenvalue weighted by Gasteiger charge is -2.40. The molecule has 1 rings (SSSR count). The summed E-state index contributed by atoms with van der Waals surface area (Å²) in [6.45, 7) is 3.73. The van der Waals surface area contributed by atoms with Crippen LogP contribution in [0.4, 0.5) is 0 Å². The molecule has 1 fully saturated rings. The summed E-state index contributed by atoms with van der Waals surface area (Å²) in [5, 5.41) is 53.8. The van der Waals surface area contributed by atoms with Crippen molar-refractivity contribution >= 4 is 5.91 Å². The Bertz CT molecular complexity index is 766. The molecule has 0 spiro atoms. The zero-order valence-corrected chi connectivity index (χ0v) is 30.7. The van der Waals surface area contributed by atoms with Gasteiger partial charge in [0.15, 0.2) is 6.29 Å². The van der Waals surface area contributed by atoms with Gasteiger partial charge in [0.1, 0.15) is 24.4 Å². The van der Waals surface area contributed by atoms with Crippen LogP contribution in [0.2, 0.25) is 0 Å². The minimum atomic E-state index is -1.56. The predicted molar refractivity (Wildman–Crippen MR) is 194 cm³/mol. The lowest BCUT2D eigenvalue weighted by molar-refractivity contribution is -0.302. The third kappa shape index (κ3) is 21.9. The van der Waals surface area contributed by atoms with E-state index >= 15 is 0 Å². The lowest BCUT2D eigenvalue weighted by atomic mass is 9.99. The van der Waals surface area contributed by atoms with Crippen molar-refractivity contribution in [1.82, 2.24) is 5.32 Å². The zero-order valence-electron chi connectivity index (χ0n) is 30.7. The van der Waals surface area contributed by atoms with Crippen LogP contribution in [-0.2, 0) is 14.3 Å². The van der Waals surface area contributed by atoms with Crippen LogP contribution in [0.25, 0.3) is 0 Å². The van der Waals surface area contributed by atoms with Crippen LogP contribution in [0, 0.1) is 0 Å². The SMILES string of the molecule is CCCCCCCCC/C=C/C(O)C(COC1OC(CO)C(O)C(O)C1O)NC(=O)CCCCCCCCCCCCCCCCCC. The second kappa shape index (κ2) is 30.7. The quantitative estimate of drug-likeness (QED) is 0.0328. The van der Waals surface area contributed by atoms with Crippen molar-refractivity contribution in [3.8, 4) is 0 Å². The first-order chi connectivity index (χ1) is 23.3. The molecule has 6 N–H and O–H groups in total. The Kier molecular flexibility index (Phi) is 28.8. The fourth-order valence-electron chi connectivity index (χ4n) is 6.33. The summed E-state index contributed by atoms with van der Waals surface area (Å²) in [4.78, 5) is 12.8. The van der Waals surface area contributed by atoms with E-state index in [1.807, 2.05) is 6.08 Å². The van der Waals surface area contributed by atoms with Crippen molar-refractivity contribution in [2.24, 2.45) is 0 Å². The van der Waals surface area contributed by atoms with Crippen LogP contribution in [0.1, 0.15) is 174 Å². The maximum absolute atomic E-state index is 12.8. The van der Waals surface area contributed by atoms with Crippen LogP contribution in [0.5, 0.6) is 0 Å². The normalized spacial score (nSPS) is 22.7. The van der Waals surface area contributed by atoms with Gasteiger partial charge in [0.25, 0.3) is 0 Å². The molecular formula is C39H75NO8. The number of allylic oxidation sites excluding steroid dienone is 1. The number of hydrogen-bond donors (Lipinski definition) is 6. The Morgan fingerprint density at radius 1 is 0.688 bits per heavy atom. The summed E-state index contributed by atoms with van der Waals surface area (Å²) in [7, 11) is 0. The topological polar surface area (TPSA) is 149 Å². The van der Waals surface area contributed by atoms with E-state index in [9.17, 15) is 30.3 Å². The van der Waals surface area contributed by atoms with Gasteiger partial charge < -0.3 is 40.3 Å². The number of carbonyl (C=O) groups is 1. The van der Waals surface area contributed by atoms with E-state index in [4.69, 9.17) is 9.47 Å². The Morgan fingerprint density at radius 2 is 1.15 bits per heavy atom. The van der Waals surface area contributed by atoms with Gasteiger partial charge >= 0.3 is 0 Å². The third-order valence-corrected chi connectivity index (χ3v) is 9.61. The average Bonchev–Trinajstić information content (AvgIpc) is 3.08. The summed E-state index contributed by atoms with van der Waals surface area (Å²) in [5.74, 6) is -0.178. The number of rotatable bonds is 32. The van der Waals surface area contributed by atoms with Crippen LogP contribution in [0.15, 0.2) is 12.2 Å². The van der Waals surface area contributed by atoms with Crippen LogP contribution >= 0.6 is 0 Å². The second-order valence-corrected chi connectivity index (χ2v) is 14.1. The van der Waals surface area contributed by atoms with Crippen molar-refractivity contribution in [2.75, 3.05) is 13.2 Å². The highest BCUT2D eigenvalue weighted by atomic mass is 16.7. The first-order valence-electron chi connectivity index (χ1n) is 19.9. The third-order valence-electron chi connectivity index (χ3n) is 9.61. The number of amides is 1. The first-order valence-corrected chi connectivity index (χ1v) is 19.9. The van der Waals surface area contributed by atoms with Gasteiger partial charge in [-0.3, -0.25) is 4.79 Å². The molecule has 1 aliphatic heterocycles. The van der Waals surface area contributed by atoms with Crippen LogP contribution < -0.4 is 5.32 Å². The smallest absolute Gasteiger partial charge is 0.220 e. The maximum Gasteiger partial charge on any atom is 0.220 e. The van der Waals surface area contributed by atoms with Crippen molar-refractivity contribution in [3.63, 3.8) is 0 Å². The highest BCUT2D eigenvalue weighted by Gasteiger charge is 2.44. The van der Waals surface area contributed by atoms with Crippen molar-refractivity contribution < 1.29 is 39.8 Å². The Morgan fingerprint density at radius 3 is 1.62 bits per heavy atom. The standard InChI is InChI=1S/C39H75NO8/c1-3-5-7-9-11-13-14-15-16-17-18-19-21-23-25-27-29-35(43)40-32(33(42)28-26-24-22-20-12-10-8-6-4-2)31-47-39-38(46)37(45)36(44)34(30-41)48-39/h26,28,32-34,36-39,41-42,44-46H,3-25,27,29-31H2,1-2H3,(H,40,43)/b28-26+. The number of aliphatic hydroxyl groups excluding tert-OH is 5. The molecule has 0 bridgehead atoms. The number of ether oxygens (including phenoxy) is 2. The molecule has 1 amide bonds. The maximum atomic E-state index is 12.8. The number of nitrogens with one attached hydrogen (secondary N) is 1. The molecule has 9 heteroatoms. The van der Waals surface area contributed by atoms with Gasteiger partial charge in [-0.15, -0.1) is 0 Å². The Balaban J connectivity index is 2.38. The molecule has 1 saturated heterocycles. The molecule has 48 heavy (non-hydrogen) atoms. The van der Waals surface area contributed by atoms with E-state index in [0.717, 1.165) is 38.5 Å². The highest BCUT2D eigenvalue weighted by Crippen LogP contribution is 2.22. The molecule has 9 nitrogen and oxygen atoms in total. The zero-order chi connectivity index (χ0) is 35.2. The molecule has 0 saturated carbocycles. The number of hydrogen-bond acceptors (Lipinski definition) is 8. The molecule has 0 aromatic carbocycles. The number of carbonyl (C=O) groups excluding carboxylic acids is 1. The molecular weight excluding hydrogens is 610 g/mol. The van der Waals surface area contributed by atoms with Crippen LogP contribution in [0.3, 0.4) is 0 Å². The molecule has 284 valence electrons. The Labute approximate surface area is 293 Å². The fraction of sp³-hybridized carbons (Fsp3) is 0.923. The molecule has 0 aromatic heterocycles. The molecule has 7 unspecified atom stereocenters. The van der Waals surface area contributed by atoms with E-state index < -0.39 is 49.5 Å². The Hall–Kier alpha value is -1.07. The molecule has 1 heterocycles. The van der Waals surface area contributed by atoms with Crippen molar-refractivity contribution in [2.45, 2.75) is 217 Å². The summed E-state index contributed by atoms with van der Waals surface area (Å²) in [6, 6.07) is -0.795. The van der Waals surface area contributed by atoms with E-state index in [1.54, 1.807) is 6.08 Å². The predicted octanol–water partition coefficient (Wildman–Crippen LogP) is 7.00.